The summed E-state index contributed by atoms with van der Waals surface area (Å²) in [6.45, 7) is 0. The Morgan fingerprint density at radius 1 is 1.00 bits per heavy atom. The molecular formula is C21H19N3OS. The van der Waals surface area contributed by atoms with Gasteiger partial charge in [0.1, 0.15) is 5.82 Å². The molecule has 0 aliphatic carbocycles. The minimum atomic E-state index is 0.0173. The summed E-state index contributed by atoms with van der Waals surface area (Å²) in [5.41, 5.74) is 4.04. The van der Waals surface area contributed by atoms with Gasteiger partial charge in [0.05, 0.1) is 17.5 Å². The molecule has 0 bridgehead atoms. The number of nitrogens with zero attached hydrogens (tertiary/aromatic N) is 1. The van der Waals surface area contributed by atoms with Gasteiger partial charge in [-0.05, 0) is 41.6 Å². The third-order valence-electron chi connectivity index (χ3n) is 4.28. The van der Waals surface area contributed by atoms with Gasteiger partial charge < -0.3 is 10.3 Å². The highest BCUT2D eigenvalue weighted by atomic mass is 32.1. The first-order valence-electron chi connectivity index (χ1n) is 8.62. The maximum Gasteiger partial charge on any atom is 0.229 e. The van der Waals surface area contributed by atoms with Gasteiger partial charge in [0.2, 0.25) is 5.91 Å². The van der Waals surface area contributed by atoms with Crippen molar-refractivity contribution in [3.63, 3.8) is 0 Å². The molecule has 26 heavy (non-hydrogen) atoms. The number of aryl methyl sites for hydroxylation is 2. The fraction of sp³-hybridized carbons (Fsp3) is 0.143. The van der Waals surface area contributed by atoms with E-state index in [1.165, 1.54) is 0 Å². The summed E-state index contributed by atoms with van der Waals surface area (Å²) in [5.74, 6) is 0.981. The van der Waals surface area contributed by atoms with Crippen molar-refractivity contribution in [1.82, 2.24) is 9.97 Å². The largest absolute Gasteiger partial charge is 0.342 e. The highest BCUT2D eigenvalue weighted by molar-refractivity contribution is 7.10. The molecule has 2 aromatic carbocycles. The highest BCUT2D eigenvalue weighted by Gasteiger charge is 2.09. The molecule has 0 saturated carbocycles. The number of benzene rings is 2. The van der Waals surface area contributed by atoms with Crippen LogP contribution in [0.5, 0.6) is 0 Å². The molecule has 4 aromatic rings. The van der Waals surface area contributed by atoms with E-state index in [0.717, 1.165) is 45.8 Å². The average Bonchev–Trinajstić information content (AvgIpc) is 3.30. The van der Waals surface area contributed by atoms with Crippen LogP contribution in [-0.4, -0.2) is 15.9 Å². The van der Waals surface area contributed by atoms with Gasteiger partial charge in [-0.3, -0.25) is 4.79 Å². The van der Waals surface area contributed by atoms with Gasteiger partial charge in [-0.25, -0.2) is 4.98 Å². The number of hydrogen-bond acceptors (Lipinski definition) is 3. The molecule has 0 fully saturated rings. The van der Waals surface area contributed by atoms with Crippen LogP contribution < -0.4 is 5.32 Å². The van der Waals surface area contributed by atoms with Crippen molar-refractivity contribution in [3.8, 4) is 0 Å². The Hall–Kier alpha value is -2.92. The van der Waals surface area contributed by atoms with E-state index in [0.29, 0.717) is 6.42 Å². The normalized spacial score (nSPS) is 10.9. The molecule has 0 radical (unpaired) electrons. The van der Waals surface area contributed by atoms with Crippen LogP contribution >= 0.6 is 11.3 Å². The van der Waals surface area contributed by atoms with E-state index in [1.807, 2.05) is 60.0 Å². The Morgan fingerprint density at radius 3 is 2.69 bits per heavy atom. The van der Waals surface area contributed by atoms with Crippen LogP contribution in [0.15, 0.2) is 66.0 Å². The number of amides is 1. The van der Waals surface area contributed by atoms with E-state index in [2.05, 4.69) is 21.4 Å². The summed E-state index contributed by atoms with van der Waals surface area (Å²) < 4.78 is 0. The molecule has 0 saturated heterocycles. The number of rotatable bonds is 6. The fourth-order valence-corrected chi connectivity index (χ4v) is 3.71. The number of aromatic nitrogens is 2. The maximum absolute atomic E-state index is 12.3. The van der Waals surface area contributed by atoms with Crippen molar-refractivity contribution in [2.24, 2.45) is 0 Å². The first kappa shape index (κ1) is 16.5. The number of thiophene rings is 1. The monoisotopic (exact) mass is 361 g/mol. The zero-order valence-electron chi connectivity index (χ0n) is 14.2. The first-order chi connectivity index (χ1) is 12.8. The molecule has 0 atom stereocenters. The number of fused-ring (bicyclic) bond motifs is 1. The molecule has 0 aliphatic heterocycles. The molecule has 1 amide bonds. The smallest absolute Gasteiger partial charge is 0.229 e. The van der Waals surface area contributed by atoms with Crippen LogP contribution in [0.4, 0.5) is 5.69 Å². The topological polar surface area (TPSA) is 57.8 Å². The van der Waals surface area contributed by atoms with Gasteiger partial charge in [0.25, 0.3) is 0 Å². The van der Waals surface area contributed by atoms with Crippen molar-refractivity contribution in [2.75, 3.05) is 5.32 Å². The number of para-hydroxylation sites is 3. The molecule has 4 rings (SSSR count). The Bertz CT molecular complexity index is 988. The second-order valence-electron chi connectivity index (χ2n) is 6.16. The molecule has 2 heterocycles. The van der Waals surface area contributed by atoms with Crippen molar-refractivity contribution in [3.05, 3.63) is 82.3 Å². The highest BCUT2D eigenvalue weighted by Crippen LogP contribution is 2.19. The number of aromatic amines is 1. The van der Waals surface area contributed by atoms with Gasteiger partial charge in [-0.2, -0.15) is 0 Å². The number of carbonyl (C=O) groups excluding carboxylic acids is 1. The van der Waals surface area contributed by atoms with Crippen molar-refractivity contribution < 1.29 is 4.79 Å². The van der Waals surface area contributed by atoms with E-state index in [9.17, 15) is 4.79 Å². The lowest BCUT2D eigenvalue weighted by atomic mass is 10.1. The van der Waals surface area contributed by atoms with Crippen molar-refractivity contribution in [2.45, 2.75) is 19.3 Å². The zero-order chi connectivity index (χ0) is 17.8. The average molecular weight is 361 g/mol. The van der Waals surface area contributed by atoms with Crippen LogP contribution in [-0.2, 0) is 24.1 Å². The molecule has 130 valence electrons. The predicted octanol–water partition coefficient (Wildman–Crippen LogP) is 4.59. The Balaban J connectivity index is 1.44. The zero-order valence-corrected chi connectivity index (χ0v) is 15.1. The summed E-state index contributed by atoms with van der Waals surface area (Å²) in [4.78, 5) is 21.4. The lowest BCUT2D eigenvalue weighted by Crippen LogP contribution is -2.15. The number of anilines is 1. The Labute approximate surface area is 155 Å². The van der Waals surface area contributed by atoms with Crippen molar-refractivity contribution in [1.29, 1.82) is 0 Å². The summed E-state index contributed by atoms with van der Waals surface area (Å²) >= 11 is 1.60. The Morgan fingerprint density at radius 2 is 1.85 bits per heavy atom. The second-order valence-corrected chi connectivity index (χ2v) is 7.19. The van der Waals surface area contributed by atoms with Gasteiger partial charge in [0.15, 0.2) is 0 Å². The SMILES string of the molecule is O=C(Cc1cccs1)Nc1ccccc1CCc1nc2ccccc2[nH]1. The minimum absolute atomic E-state index is 0.0173. The number of imidazole rings is 1. The van der Waals surface area contributed by atoms with Crippen molar-refractivity contribution >= 4 is 34.0 Å². The van der Waals surface area contributed by atoms with Gasteiger partial charge >= 0.3 is 0 Å². The van der Waals surface area contributed by atoms with Crippen LogP contribution in [0.25, 0.3) is 11.0 Å². The van der Waals surface area contributed by atoms with E-state index >= 15 is 0 Å². The first-order valence-corrected chi connectivity index (χ1v) is 9.50. The number of nitrogens with one attached hydrogen (secondary N) is 2. The summed E-state index contributed by atoms with van der Waals surface area (Å²) in [6.07, 6.45) is 2.03. The molecule has 4 nitrogen and oxygen atoms in total. The lowest BCUT2D eigenvalue weighted by Gasteiger charge is -2.10. The fourth-order valence-electron chi connectivity index (χ4n) is 3.00. The molecule has 0 unspecified atom stereocenters. The quantitative estimate of drug-likeness (QED) is 0.528. The molecule has 2 aromatic heterocycles. The van der Waals surface area contributed by atoms with Crippen LogP contribution in [0.3, 0.4) is 0 Å². The van der Waals surface area contributed by atoms with Gasteiger partial charge in [-0.15, -0.1) is 11.3 Å². The van der Waals surface area contributed by atoms with E-state index < -0.39 is 0 Å². The summed E-state index contributed by atoms with van der Waals surface area (Å²) in [5, 5.41) is 5.04. The van der Waals surface area contributed by atoms with Crippen LogP contribution in [0, 0.1) is 0 Å². The van der Waals surface area contributed by atoms with E-state index in [-0.39, 0.29) is 5.91 Å². The summed E-state index contributed by atoms with van der Waals surface area (Å²) in [7, 11) is 0. The number of hydrogen-bond donors (Lipinski definition) is 2. The maximum atomic E-state index is 12.3. The molecule has 5 heteroatoms. The second kappa shape index (κ2) is 7.54. The molecule has 0 spiro atoms. The third-order valence-corrected chi connectivity index (χ3v) is 5.15. The predicted molar refractivity (Wildman–Crippen MR) is 107 cm³/mol. The Kier molecular flexibility index (Phi) is 4.80. The standard InChI is InChI=1S/C21H19N3OS/c25-21(14-16-7-5-13-26-16)24-17-8-2-1-6-15(17)11-12-20-22-18-9-3-4-10-19(18)23-20/h1-10,13H,11-12,14H2,(H,22,23)(H,24,25). The van der Waals surface area contributed by atoms with Crippen LogP contribution in [0.2, 0.25) is 0 Å². The molecule has 2 N–H and O–H groups in total. The molecule has 0 aliphatic rings. The van der Waals surface area contributed by atoms with E-state index in [4.69, 9.17) is 0 Å². The van der Waals surface area contributed by atoms with Gasteiger partial charge in [-0.1, -0.05) is 36.4 Å². The lowest BCUT2D eigenvalue weighted by molar-refractivity contribution is -0.115. The number of carbonyl (C=O) groups is 1. The molecular weight excluding hydrogens is 342 g/mol. The number of H-pyrrole nitrogens is 1. The van der Waals surface area contributed by atoms with Crippen LogP contribution in [0.1, 0.15) is 16.3 Å². The van der Waals surface area contributed by atoms with Gasteiger partial charge in [0, 0.05) is 17.0 Å². The van der Waals surface area contributed by atoms with E-state index in [1.54, 1.807) is 11.3 Å². The summed E-state index contributed by atoms with van der Waals surface area (Å²) in [6, 6.07) is 20.0. The third kappa shape index (κ3) is 3.83. The minimum Gasteiger partial charge on any atom is -0.342 e.